The minimum absolute atomic E-state index is 0.0920. The van der Waals surface area contributed by atoms with Gasteiger partial charge >= 0.3 is 12.2 Å². The maximum absolute atomic E-state index is 12.6. The molecule has 2 amide bonds. The zero-order valence-corrected chi connectivity index (χ0v) is 16.1. The van der Waals surface area contributed by atoms with Gasteiger partial charge in [0, 0.05) is 16.6 Å². The van der Waals surface area contributed by atoms with E-state index in [1.165, 1.54) is 0 Å². The second-order valence-corrected chi connectivity index (χ2v) is 7.63. The lowest BCUT2D eigenvalue weighted by Gasteiger charge is -2.24. The minimum Gasteiger partial charge on any atom is -0.331 e. The maximum atomic E-state index is 12.6. The van der Waals surface area contributed by atoms with E-state index >= 15 is 0 Å². The van der Waals surface area contributed by atoms with Gasteiger partial charge in [-0.25, -0.2) is 9.78 Å². The van der Waals surface area contributed by atoms with Crippen LogP contribution in [0.1, 0.15) is 41.4 Å². The number of carbonyl (C=O) groups excluding carboxylic acids is 1. The van der Waals surface area contributed by atoms with Crippen LogP contribution in [0.2, 0.25) is 0 Å². The van der Waals surface area contributed by atoms with Gasteiger partial charge in [0.25, 0.3) is 0 Å². The van der Waals surface area contributed by atoms with Crippen LogP contribution < -0.4 is 10.6 Å². The number of urea groups is 1. The van der Waals surface area contributed by atoms with Gasteiger partial charge < -0.3 is 5.32 Å². The fourth-order valence-electron chi connectivity index (χ4n) is 3.41. The summed E-state index contributed by atoms with van der Waals surface area (Å²) in [5.74, 6) is 0. The van der Waals surface area contributed by atoms with Gasteiger partial charge in [-0.1, -0.05) is 30.3 Å². The number of nitrogens with one attached hydrogen (secondary N) is 2. The van der Waals surface area contributed by atoms with Crippen molar-refractivity contribution >= 4 is 22.5 Å². The smallest absolute Gasteiger partial charge is 0.331 e. The lowest BCUT2D eigenvalue weighted by molar-refractivity contribution is -0.140. The molecule has 4 rings (SSSR count). The Morgan fingerprint density at radius 2 is 2.07 bits per heavy atom. The average molecular weight is 421 g/mol. The molecule has 0 aliphatic heterocycles. The van der Waals surface area contributed by atoms with Gasteiger partial charge in [-0.05, 0) is 24.8 Å². The van der Waals surface area contributed by atoms with E-state index in [2.05, 4.69) is 20.7 Å². The monoisotopic (exact) mass is 421 g/mol. The first-order chi connectivity index (χ1) is 13.9. The molecule has 1 aliphatic rings. The molecule has 0 radical (unpaired) electrons. The van der Waals surface area contributed by atoms with Crippen molar-refractivity contribution in [2.75, 3.05) is 5.32 Å². The molecule has 1 unspecified atom stereocenters. The molecular formula is C19H18F3N5OS. The molecule has 1 aliphatic carbocycles. The average Bonchev–Trinajstić information content (AvgIpc) is 3.31. The van der Waals surface area contributed by atoms with Crippen LogP contribution in [0, 0.1) is 0 Å². The van der Waals surface area contributed by atoms with Crippen molar-refractivity contribution in [3.63, 3.8) is 0 Å². The number of rotatable bonds is 4. The van der Waals surface area contributed by atoms with Gasteiger partial charge in [0.05, 0.1) is 18.8 Å². The lowest BCUT2D eigenvalue weighted by atomic mass is 9.93. The molecule has 152 valence electrons. The molecule has 6 nitrogen and oxygen atoms in total. The largest absolute Gasteiger partial charge is 0.434 e. The van der Waals surface area contributed by atoms with Crippen LogP contribution in [0.5, 0.6) is 0 Å². The molecule has 1 atom stereocenters. The fraction of sp³-hybridized carbons (Fsp3) is 0.316. The standard InChI is InChI=1S/C19H18F3N5OS/c20-19(21,22)16-11-29-18(25-16)26-17(28)24-14-7-4-8-15-13(14)9-23-27(15)10-12-5-2-1-3-6-12/h1-3,5-6,9,11,14H,4,7-8,10H2,(H2,24,25,26,28). The highest BCUT2D eigenvalue weighted by molar-refractivity contribution is 7.13. The number of aromatic nitrogens is 3. The zero-order valence-electron chi connectivity index (χ0n) is 15.2. The predicted octanol–water partition coefficient (Wildman–Crippen LogP) is 4.61. The summed E-state index contributed by atoms with van der Waals surface area (Å²) in [6, 6.07) is 9.14. The lowest BCUT2D eigenvalue weighted by Crippen LogP contribution is -2.34. The van der Waals surface area contributed by atoms with Crippen LogP contribution in [0.15, 0.2) is 41.9 Å². The molecule has 0 spiro atoms. The van der Waals surface area contributed by atoms with Gasteiger partial charge in [-0.2, -0.15) is 18.3 Å². The Kier molecular flexibility index (Phi) is 5.27. The van der Waals surface area contributed by atoms with Crippen LogP contribution in [0.25, 0.3) is 0 Å². The van der Waals surface area contributed by atoms with Crippen molar-refractivity contribution in [2.45, 2.75) is 38.0 Å². The van der Waals surface area contributed by atoms with E-state index in [0.717, 1.165) is 52.8 Å². The van der Waals surface area contributed by atoms with Crippen molar-refractivity contribution in [1.82, 2.24) is 20.1 Å². The number of benzene rings is 1. The second kappa shape index (κ2) is 7.86. The predicted molar refractivity (Wildman–Crippen MR) is 103 cm³/mol. The molecule has 0 bridgehead atoms. The van der Waals surface area contributed by atoms with E-state index in [9.17, 15) is 18.0 Å². The summed E-state index contributed by atoms with van der Waals surface area (Å²) >= 11 is 0.738. The first-order valence-corrected chi connectivity index (χ1v) is 9.97. The summed E-state index contributed by atoms with van der Waals surface area (Å²) in [6.45, 7) is 0.647. The molecule has 0 saturated carbocycles. The topological polar surface area (TPSA) is 71.8 Å². The Labute approximate surface area is 168 Å². The molecular weight excluding hydrogens is 403 g/mol. The number of alkyl halides is 3. The third-order valence-electron chi connectivity index (χ3n) is 4.76. The summed E-state index contributed by atoms with van der Waals surface area (Å²) in [5, 5.41) is 10.5. The Morgan fingerprint density at radius 1 is 1.28 bits per heavy atom. The van der Waals surface area contributed by atoms with Gasteiger partial charge in [-0.3, -0.25) is 10.00 Å². The van der Waals surface area contributed by atoms with Crippen LogP contribution in [0.3, 0.4) is 0 Å². The molecule has 10 heteroatoms. The number of hydrogen-bond donors (Lipinski definition) is 2. The number of halogens is 3. The third-order valence-corrected chi connectivity index (χ3v) is 5.52. The number of anilines is 1. The van der Waals surface area contributed by atoms with Gasteiger partial charge in [0.1, 0.15) is 0 Å². The Bertz CT molecular complexity index is 999. The van der Waals surface area contributed by atoms with Crippen LogP contribution in [0.4, 0.5) is 23.1 Å². The van der Waals surface area contributed by atoms with Crippen LogP contribution in [-0.2, 0) is 19.1 Å². The fourth-order valence-corrected chi connectivity index (χ4v) is 4.13. The van der Waals surface area contributed by atoms with Gasteiger partial charge in [0.2, 0.25) is 0 Å². The van der Waals surface area contributed by atoms with E-state index in [1.54, 1.807) is 6.20 Å². The molecule has 3 aromatic rings. The zero-order chi connectivity index (χ0) is 20.4. The van der Waals surface area contributed by atoms with Crippen molar-refractivity contribution in [3.05, 3.63) is 64.4 Å². The SMILES string of the molecule is O=C(Nc1nc(C(F)(F)F)cs1)NC1CCCc2c1cnn2Cc1ccccc1. The summed E-state index contributed by atoms with van der Waals surface area (Å²) < 4.78 is 39.9. The Balaban J connectivity index is 1.43. The highest BCUT2D eigenvalue weighted by Gasteiger charge is 2.34. The number of fused-ring (bicyclic) bond motifs is 1. The van der Waals surface area contributed by atoms with Gasteiger partial charge in [-0.15, -0.1) is 11.3 Å². The molecule has 0 saturated heterocycles. The van der Waals surface area contributed by atoms with Crippen LogP contribution >= 0.6 is 11.3 Å². The van der Waals surface area contributed by atoms with Gasteiger partial charge in [0.15, 0.2) is 10.8 Å². The second-order valence-electron chi connectivity index (χ2n) is 6.77. The Hall–Kier alpha value is -2.88. The van der Waals surface area contributed by atoms with E-state index in [-0.39, 0.29) is 11.2 Å². The number of hydrogen-bond acceptors (Lipinski definition) is 4. The van der Waals surface area contributed by atoms with Crippen LogP contribution in [-0.4, -0.2) is 20.8 Å². The number of carbonyl (C=O) groups is 1. The molecule has 1 aromatic carbocycles. The van der Waals surface area contributed by atoms with Crippen molar-refractivity contribution in [3.8, 4) is 0 Å². The number of nitrogens with zero attached hydrogens (tertiary/aromatic N) is 3. The van der Waals surface area contributed by atoms with Crippen molar-refractivity contribution in [2.24, 2.45) is 0 Å². The molecule has 2 aromatic heterocycles. The first kappa shape index (κ1) is 19.4. The van der Waals surface area contributed by atoms with Crippen molar-refractivity contribution < 1.29 is 18.0 Å². The number of thiazole rings is 1. The normalized spacial score (nSPS) is 16.3. The summed E-state index contributed by atoms with van der Waals surface area (Å²) in [5.41, 5.74) is 2.13. The van der Waals surface area contributed by atoms with Crippen molar-refractivity contribution in [1.29, 1.82) is 0 Å². The van der Waals surface area contributed by atoms with E-state index in [4.69, 9.17) is 0 Å². The molecule has 29 heavy (non-hydrogen) atoms. The minimum atomic E-state index is -4.53. The summed E-state index contributed by atoms with van der Waals surface area (Å²) in [7, 11) is 0. The highest BCUT2D eigenvalue weighted by Crippen LogP contribution is 2.32. The molecule has 2 heterocycles. The Morgan fingerprint density at radius 3 is 2.79 bits per heavy atom. The quantitative estimate of drug-likeness (QED) is 0.647. The number of amides is 2. The van der Waals surface area contributed by atoms with E-state index in [1.807, 2.05) is 35.0 Å². The van der Waals surface area contributed by atoms with E-state index < -0.39 is 17.9 Å². The maximum Gasteiger partial charge on any atom is 0.434 e. The summed E-state index contributed by atoms with van der Waals surface area (Å²) in [4.78, 5) is 15.7. The summed E-state index contributed by atoms with van der Waals surface area (Å²) in [6.07, 6.45) is -0.285. The highest BCUT2D eigenvalue weighted by atomic mass is 32.1. The molecule has 0 fully saturated rings. The van der Waals surface area contributed by atoms with E-state index in [0.29, 0.717) is 6.54 Å². The first-order valence-electron chi connectivity index (χ1n) is 9.09. The molecule has 2 N–H and O–H groups in total. The third kappa shape index (κ3) is 4.42.